The second-order valence-electron chi connectivity index (χ2n) is 9.10. The minimum atomic E-state index is -0.0569. The van der Waals surface area contributed by atoms with E-state index in [1.165, 1.54) is 5.69 Å². The maximum atomic E-state index is 13.7. The average Bonchev–Trinajstić information content (AvgIpc) is 3.31. The molecule has 0 fully saturated rings. The largest absolute Gasteiger partial charge is 0.334 e. The number of aromatic nitrogens is 3. The van der Waals surface area contributed by atoms with E-state index in [0.717, 1.165) is 59.0 Å². The fourth-order valence-electron chi connectivity index (χ4n) is 4.72. The van der Waals surface area contributed by atoms with Crippen LogP contribution in [0.5, 0.6) is 0 Å². The maximum Gasteiger partial charge on any atom is 0.255 e. The number of benzene rings is 1. The van der Waals surface area contributed by atoms with E-state index >= 15 is 0 Å². The van der Waals surface area contributed by atoms with Crippen LogP contribution in [0.2, 0.25) is 5.02 Å². The molecule has 5 nitrogen and oxygen atoms in total. The van der Waals surface area contributed by atoms with E-state index < -0.39 is 0 Å². The van der Waals surface area contributed by atoms with E-state index in [0.29, 0.717) is 18.1 Å². The first-order valence-corrected chi connectivity index (χ1v) is 10.7. The van der Waals surface area contributed by atoms with Crippen LogP contribution < -0.4 is 0 Å². The van der Waals surface area contributed by atoms with Gasteiger partial charge < -0.3 is 4.90 Å². The number of pyridine rings is 1. The topological polar surface area (TPSA) is 51.0 Å². The van der Waals surface area contributed by atoms with Crippen LogP contribution in [0.1, 0.15) is 60.1 Å². The van der Waals surface area contributed by atoms with Gasteiger partial charge in [-0.15, -0.1) is 0 Å². The van der Waals surface area contributed by atoms with Gasteiger partial charge in [0.25, 0.3) is 5.91 Å². The summed E-state index contributed by atoms with van der Waals surface area (Å²) in [7, 11) is 0. The number of rotatable bonds is 1. The molecule has 1 aliphatic carbocycles. The van der Waals surface area contributed by atoms with Crippen molar-refractivity contribution < 1.29 is 4.79 Å². The zero-order valence-corrected chi connectivity index (χ0v) is 17.9. The van der Waals surface area contributed by atoms with Crippen molar-refractivity contribution in [1.82, 2.24) is 19.7 Å². The second kappa shape index (κ2) is 6.56. The molecule has 0 atom stereocenters. The number of amides is 1. The SMILES string of the molecule is CC(C)(C)n1ncc2c1CCN(C(=O)c1c3c(nc4ccc(Cl)cc14)CCC3)C2. The van der Waals surface area contributed by atoms with Crippen molar-refractivity contribution in [3.05, 3.63) is 57.5 Å². The summed E-state index contributed by atoms with van der Waals surface area (Å²) in [6.45, 7) is 7.78. The Labute approximate surface area is 175 Å². The predicted molar refractivity (Wildman–Crippen MR) is 114 cm³/mol. The molecule has 3 aromatic rings. The Kier molecular flexibility index (Phi) is 4.21. The number of carbonyl (C=O) groups excluding carboxylic acids is 1. The first kappa shape index (κ1) is 18.6. The molecule has 6 heteroatoms. The van der Waals surface area contributed by atoms with Gasteiger partial charge in [0.05, 0.1) is 22.8 Å². The number of nitrogens with zero attached hydrogens (tertiary/aromatic N) is 4. The molecule has 0 saturated heterocycles. The summed E-state index contributed by atoms with van der Waals surface area (Å²) in [5.41, 5.74) is 6.18. The molecule has 0 N–H and O–H groups in total. The van der Waals surface area contributed by atoms with Crippen LogP contribution in [0.3, 0.4) is 0 Å². The molecule has 1 amide bonds. The van der Waals surface area contributed by atoms with Crippen molar-refractivity contribution >= 4 is 28.4 Å². The van der Waals surface area contributed by atoms with Gasteiger partial charge in [-0.3, -0.25) is 14.5 Å². The molecule has 0 bridgehead atoms. The summed E-state index contributed by atoms with van der Waals surface area (Å²) in [5.74, 6) is 0.0898. The van der Waals surface area contributed by atoms with Gasteiger partial charge in [-0.25, -0.2) is 0 Å². The molecule has 2 aliphatic rings. The molecular formula is C23H25ClN4O. The highest BCUT2D eigenvalue weighted by atomic mass is 35.5. The lowest BCUT2D eigenvalue weighted by molar-refractivity contribution is 0.0733. The number of hydrogen-bond donors (Lipinski definition) is 0. The Morgan fingerprint density at radius 2 is 2.00 bits per heavy atom. The normalized spacial score (nSPS) is 16.2. The minimum Gasteiger partial charge on any atom is -0.334 e. The molecular weight excluding hydrogens is 384 g/mol. The van der Waals surface area contributed by atoms with Gasteiger partial charge in [-0.05, 0) is 63.8 Å². The van der Waals surface area contributed by atoms with Gasteiger partial charge >= 0.3 is 0 Å². The number of aryl methyl sites for hydroxylation is 1. The summed E-state index contributed by atoms with van der Waals surface area (Å²) in [6, 6.07) is 5.66. The first-order chi connectivity index (χ1) is 13.8. The van der Waals surface area contributed by atoms with Crippen molar-refractivity contribution in [3.8, 4) is 0 Å². The van der Waals surface area contributed by atoms with Crippen molar-refractivity contribution in [2.75, 3.05) is 6.54 Å². The van der Waals surface area contributed by atoms with E-state index in [1.807, 2.05) is 29.3 Å². The summed E-state index contributed by atoms with van der Waals surface area (Å²) in [5, 5.41) is 6.12. The van der Waals surface area contributed by atoms with Gasteiger partial charge in [0, 0.05) is 46.9 Å². The molecule has 0 unspecified atom stereocenters. The zero-order chi connectivity index (χ0) is 20.3. The van der Waals surface area contributed by atoms with Gasteiger partial charge in [-0.1, -0.05) is 11.6 Å². The van der Waals surface area contributed by atoms with Gasteiger partial charge in [-0.2, -0.15) is 5.10 Å². The Morgan fingerprint density at radius 3 is 2.79 bits per heavy atom. The molecule has 1 aliphatic heterocycles. The molecule has 0 spiro atoms. The number of hydrogen-bond acceptors (Lipinski definition) is 3. The van der Waals surface area contributed by atoms with E-state index in [1.54, 1.807) is 0 Å². The number of halogens is 1. The van der Waals surface area contributed by atoms with Crippen LogP contribution in [0.25, 0.3) is 10.9 Å². The average molecular weight is 409 g/mol. The summed E-state index contributed by atoms with van der Waals surface area (Å²) < 4.78 is 2.10. The molecule has 0 saturated carbocycles. The highest BCUT2D eigenvalue weighted by molar-refractivity contribution is 6.31. The van der Waals surface area contributed by atoms with E-state index in [2.05, 4.69) is 30.6 Å². The van der Waals surface area contributed by atoms with E-state index in [9.17, 15) is 4.79 Å². The standard InChI is InChI=1S/C23H25ClN4O/c1-23(2,3)28-20-9-10-27(13-14(20)12-25-28)22(29)21-16-5-4-6-18(16)26-19-8-7-15(24)11-17(19)21/h7-8,11-12H,4-6,9-10,13H2,1-3H3. The van der Waals surface area contributed by atoms with Crippen LogP contribution in [0.15, 0.2) is 24.4 Å². The molecule has 5 rings (SSSR count). The van der Waals surface area contributed by atoms with Crippen molar-refractivity contribution in [1.29, 1.82) is 0 Å². The van der Waals surface area contributed by atoms with Gasteiger partial charge in [0.2, 0.25) is 0 Å². The Bertz CT molecular complexity index is 1140. The van der Waals surface area contributed by atoms with Crippen LogP contribution >= 0.6 is 11.6 Å². The molecule has 1 aromatic carbocycles. The van der Waals surface area contributed by atoms with Gasteiger partial charge in [0.15, 0.2) is 0 Å². The minimum absolute atomic E-state index is 0.0569. The summed E-state index contributed by atoms with van der Waals surface area (Å²) in [4.78, 5) is 20.5. The Hall–Kier alpha value is -2.40. The second-order valence-corrected chi connectivity index (χ2v) is 9.54. The fraction of sp³-hybridized carbons (Fsp3) is 0.435. The smallest absolute Gasteiger partial charge is 0.255 e. The lowest BCUT2D eigenvalue weighted by Gasteiger charge is -2.31. The Morgan fingerprint density at radius 1 is 1.17 bits per heavy atom. The lowest BCUT2D eigenvalue weighted by Crippen LogP contribution is -2.38. The third kappa shape index (κ3) is 3.03. The third-order valence-corrected chi connectivity index (χ3v) is 6.28. The van der Waals surface area contributed by atoms with Crippen LogP contribution in [0, 0.1) is 0 Å². The number of carbonyl (C=O) groups is 1. The molecule has 29 heavy (non-hydrogen) atoms. The molecule has 150 valence electrons. The van der Waals surface area contributed by atoms with Crippen molar-refractivity contribution in [2.45, 2.75) is 58.5 Å². The van der Waals surface area contributed by atoms with Crippen LogP contribution in [-0.2, 0) is 31.3 Å². The van der Waals surface area contributed by atoms with Crippen LogP contribution in [0.4, 0.5) is 0 Å². The first-order valence-electron chi connectivity index (χ1n) is 10.3. The monoisotopic (exact) mass is 408 g/mol. The third-order valence-electron chi connectivity index (χ3n) is 6.05. The van der Waals surface area contributed by atoms with Crippen molar-refractivity contribution in [3.63, 3.8) is 0 Å². The highest BCUT2D eigenvalue weighted by Crippen LogP contribution is 2.33. The predicted octanol–water partition coefficient (Wildman–Crippen LogP) is 4.53. The fourth-order valence-corrected chi connectivity index (χ4v) is 4.89. The number of fused-ring (bicyclic) bond motifs is 3. The molecule has 2 aromatic heterocycles. The summed E-state index contributed by atoms with van der Waals surface area (Å²) in [6.07, 6.45) is 5.65. The van der Waals surface area contributed by atoms with Crippen LogP contribution in [-0.4, -0.2) is 32.1 Å². The van der Waals surface area contributed by atoms with Crippen molar-refractivity contribution in [2.24, 2.45) is 0 Å². The highest BCUT2D eigenvalue weighted by Gasteiger charge is 2.31. The molecule has 3 heterocycles. The Balaban J connectivity index is 1.56. The quantitative estimate of drug-likeness (QED) is 0.594. The lowest BCUT2D eigenvalue weighted by atomic mass is 9.98. The summed E-state index contributed by atoms with van der Waals surface area (Å²) >= 11 is 6.28. The molecule has 0 radical (unpaired) electrons. The van der Waals surface area contributed by atoms with E-state index in [4.69, 9.17) is 16.6 Å². The zero-order valence-electron chi connectivity index (χ0n) is 17.1. The maximum absolute atomic E-state index is 13.7. The van der Waals surface area contributed by atoms with Gasteiger partial charge in [0.1, 0.15) is 0 Å². The van der Waals surface area contributed by atoms with E-state index in [-0.39, 0.29) is 11.4 Å².